The van der Waals surface area contributed by atoms with Gasteiger partial charge in [0.15, 0.2) is 5.69 Å². The molecule has 0 aliphatic carbocycles. The van der Waals surface area contributed by atoms with E-state index >= 15 is 0 Å². The van der Waals surface area contributed by atoms with E-state index < -0.39 is 23.8 Å². The largest absolute Gasteiger partial charge is 0.476 e. The van der Waals surface area contributed by atoms with Crippen molar-refractivity contribution in [1.29, 1.82) is 0 Å². The molecule has 1 aromatic carbocycles. The fourth-order valence-electron chi connectivity index (χ4n) is 2.86. The zero-order valence-corrected chi connectivity index (χ0v) is 12.8. The highest BCUT2D eigenvalue weighted by Crippen LogP contribution is 2.36. The normalized spacial score (nSPS) is 20.7. The molecular weight excluding hydrogens is 339 g/mol. The molecule has 2 N–H and O–H groups in total. The Bertz CT molecular complexity index is 763. The number of aromatic carboxylic acids is 1. The van der Waals surface area contributed by atoms with Crippen LogP contribution >= 0.6 is 0 Å². The molecule has 1 saturated heterocycles. The van der Waals surface area contributed by atoms with Crippen LogP contribution in [0.4, 0.5) is 19.0 Å². The van der Waals surface area contributed by atoms with Crippen LogP contribution in [-0.4, -0.2) is 38.8 Å². The van der Waals surface area contributed by atoms with Crippen molar-refractivity contribution in [2.24, 2.45) is 0 Å². The van der Waals surface area contributed by atoms with E-state index in [1.807, 2.05) is 0 Å². The number of anilines is 1. The maximum absolute atomic E-state index is 12.7. The van der Waals surface area contributed by atoms with Crippen molar-refractivity contribution in [2.75, 3.05) is 11.4 Å². The molecule has 0 amide bonds. The monoisotopic (exact) mass is 353 g/mol. The molecule has 2 atom stereocenters. The number of benzene rings is 1. The number of nitrogens with zero attached hydrogens (tertiary/aromatic N) is 3. The van der Waals surface area contributed by atoms with Gasteiger partial charge in [0.05, 0.1) is 30.1 Å². The average molecular weight is 353 g/mol. The summed E-state index contributed by atoms with van der Waals surface area (Å²) < 4.78 is 38.1. The van der Waals surface area contributed by atoms with Crippen molar-refractivity contribution in [2.45, 2.75) is 24.7 Å². The SMILES string of the molecule is O=C(O)c1cnc(N2C[C@H](O)C[C@H]2c2ccc(C(F)(F)F)cc2)cn1. The van der Waals surface area contributed by atoms with E-state index in [1.165, 1.54) is 18.3 Å². The Morgan fingerprint density at radius 1 is 1.16 bits per heavy atom. The topological polar surface area (TPSA) is 86.5 Å². The summed E-state index contributed by atoms with van der Waals surface area (Å²) in [4.78, 5) is 20.4. The van der Waals surface area contributed by atoms with Crippen molar-refractivity contribution in [1.82, 2.24) is 9.97 Å². The van der Waals surface area contributed by atoms with Crippen LogP contribution in [-0.2, 0) is 6.18 Å². The van der Waals surface area contributed by atoms with Crippen molar-refractivity contribution in [3.8, 4) is 0 Å². The standard InChI is InChI=1S/C16H14F3N3O3/c17-16(18,19)10-3-1-9(2-4-10)13-5-11(23)8-22(13)14-7-20-12(6-21-14)15(24)25/h1-4,6-7,11,13,23H,5,8H2,(H,24,25)/t11-,13+/m1/s1. The van der Waals surface area contributed by atoms with Gasteiger partial charge in [-0.2, -0.15) is 13.2 Å². The number of hydrogen-bond donors (Lipinski definition) is 2. The van der Waals surface area contributed by atoms with Gasteiger partial charge in [0.1, 0.15) is 5.82 Å². The first-order valence-corrected chi connectivity index (χ1v) is 7.43. The Morgan fingerprint density at radius 3 is 2.36 bits per heavy atom. The fraction of sp³-hybridized carbons (Fsp3) is 0.312. The summed E-state index contributed by atoms with van der Waals surface area (Å²) in [6.07, 6.45) is -2.38. The molecule has 6 nitrogen and oxygen atoms in total. The van der Waals surface area contributed by atoms with Gasteiger partial charge >= 0.3 is 12.1 Å². The zero-order valence-electron chi connectivity index (χ0n) is 12.8. The number of aromatic nitrogens is 2. The van der Waals surface area contributed by atoms with Gasteiger partial charge in [-0.05, 0) is 24.1 Å². The van der Waals surface area contributed by atoms with Gasteiger partial charge in [0, 0.05) is 6.54 Å². The number of carboxylic acids is 1. The molecule has 0 saturated carbocycles. The number of alkyl halides is 3. The Hall–Kier alpha value is -2.68. The second-order valence-corrected chi connectivity index (χ2v) is 5.74. The van der Waals surface area contributed by atoms with E-state index in [4.69, 9.17) is 5.11 Å². The first-order chi connectivity index (χ1) is 11.8. The molecule has 2 heterocycles. The summed E-state index contributed by atoms with van der Waals surface area (Å²) in [6.45, 7) is 0.229. The van der Waals surface area contributed by atoms with Crippen LogP contribution in [0.5, 0.6) is 0 Å². The molecule has 0 spiro atoms. The third-order valence-corrected chi connectivity index (χ3v) is 4.05. The Morgan fingerprint density at radius 2 is 1.84 bits per heavy atom. The number of carboxylic acid groups (broad SMARTS) is 1. The fourth-order valence-corrected chi connectivity index (χ4v) is 2.86. The van der Waals surface area contributed by atoms with Crippen molar-refractivity contribution in [3.05, 3.63) is 53.5 Å². The molecule has 25 heavy (non-hydrogen) atoms. The molecule has 1 aliphatic rings. The minimum absolute atomic E-state index is 0.213. The number of aliphatic hydroxyl groups is 1. The molecule has 2 aromatic rings. The Balaban J connectivity index is 1.88. The maximum atomic E-state index is 12.7. The van der Waals surface area contributed by atoms with E-state index in [9.17, 15) is 23.1 Å². The second-order valence-electron chi connectivity index (χ2n) is 5.74. The molecule has 1 aliphatic heterocycles. The molecule has 9 heteroatoms. The van der Waals surface area contributed by atoms with E-state index in [0.717, 1.165) is 18.3 Å². The smallest absolute Gasteiger partial charge is 0.416 e. The second kappa shape index (κ2) is 6.32. The molecule has 1 fully saturated rings. The van der Waals surface area contributed by atoms with Crippen LogP contribution in [0, 0.1) is 0 Å². The molecular formula is C16H14F3N3O3. The Kier molecular flexibility index (Phi) is 4.34. The van der Waals surface area contributed by atoms with Crippen LogP contribution in [0.25, 0.3) is 0 Å². The van der Waals surface area contributed by atoms with Gasteiger partial charge in [0.25, 0.3) is 0 Å². The molecule has 132 valence electrons. The quantitative estimate of drug-likeness (QED) is 0.882. The van der Waals surface area contributed by atoms with Gasteiger partial charge in [-0.3, -0.25) is 0 Å². The highest BCUT2D eigenvalue weighted by Gasteiger charge is 2.35. The van der Waals surface area contributed by atoms with Crippen LogP contribution < -0.4 is 4.90 Å². The van der Waals surface area contributed by atoms with Gasteiger partial charge in [-0.15, -0.1) is 0 Å². The van der Waals surface area contributed by atoms with Gasteiger partial charge in [-0.25, -0.2) is 14.8 Å². The lowest BCUT2D eigenvalue weighted by Gasteiger charge is -2.25. The summed E-state index contributed by atoms with van der Waals surface area (Å²) in [5, 5.41) is 18.8. The minimum Gasteiger partial charge on any atom is -0.476 e. The van der Waals surface area contributed by atoms with Crippen molar-refractivity contribution < 1.29 is 28.2 Å². The van der Waals surface area contributed by atoms with Crippen LogP contribution in [0.1, 0.15) is 34.1 Å². The zero-order chi connectivity index (χ0) is 18.2. The molecule has 3 rings (SSSR count). The van der Waals surface area contributed by atoms with Gasteiger partial charge in [-0.1, -0.05) is 12.1 Å². The van der Waals surface area contributed by atoms with E-state index in [-0.39, 0.29) is 18.3 Å². The van der Waals surface area contributed by atoms with Gasteiger partial charge in [0.2, 0.25) is 0 Å². The number of carbonyl (C=O) groups is 1. The average Bonchev–Trinajstić information content (AvgIpc) is 2.96. The van der Waals surface area contributed by atoms with E-state index in [0.29, 0.717) is 17.8 Å². The third-order valence-electron chi connectivity index (χ3n) is 4.05. The lowest BCUT2D eigenvalue weighted by Crippen LogP contribution is -2.25. The number of β-amino-alcohol motifs (C(OH)–C–C–N with tert-alkyl or cyclic N) is 1. The number of hydrogen-bond acceptors (Lipinski definition) is 5. The minimum atomic E-state index is -4.41. The number of rotatable bonds is 3. The number of halogens is 3. The van der Waals surface area contributed by atoms with E-state index in [1.54, 1.807) is 4.90 Å². The van der Waals surface area contributed by atoms with Gasteiger partial charge < -0.3 is 15.1 Å². The van der Waals surface area contributed by atoms with Crippen LogP contribution in [0.15, 0.2) is 36.7 Å². The Labute approximate surface area is 140 Å². The highest BCUT2D eigenvalue weighted by atomic mass is 19.4. The lowest BCUT2D eigenvalue weighted by molar-refractivity contribution is -0.137. The predicted molar refractivity (Wildman–Crippen MR) is 81.1 cm³/mol. The summed E-state index contributed by atoms with van der Waals surface area (Å²) in [5.74, 6) is -0.855. The lowest BCUT2D eigenvalue weighted by atomic mass is 10.0. The molecule has 1 aromatic heterocycles. The number of aliphatic hydroxyl groups excluding tert-OH is 1. The molecule has 0 radical (unpaired) electrons. The van der Waals surface area contributed by atoms with Crippen molar-refractivity contribution >= 4 is 11.8 Å². The van der Waals surface area contributed by atoms with E-state index in [2.05, 4.69) is 9.97 Å². The van der Waals surface area contributed by atoms with Crippen molar-refractivity contribution in [3.63, 3.8) is 0 Å². The third kappa shape index (κ3) is 3.55. The molecule has 0 unspecified atom stereocenters. The maximum Gasteiger partial charge on any atom is 0.416 e. The first kappa shape index (κ1) is 17.2. The van der Waals surface area contributed by atoms with Crippen LogP contribution in [0.2, 0.25) is 0 Å². The highest BCUT2D eigenvalue weighted by molar-refractivity contribution is 5.84. The summed E-state index contributed by atoms with van der Waals surface area (Å²) in [6, 6.07) is 4.37. The molecule has 0 bridgehead atoms. The first-order valence-electron chi connectivity index (χ1n) is 7.43. The summed E-state index contributed by atoms with van der Waals surface area (Å²) >= 11 is 0. The summed E-state index contributed by atoms with van der Waals surface area (Å²) in [7, 11) is 0. The summed E-state index contributed by atoms with van der Waals surface area (Å²) in [5.41, 5.74) is -0.352. The van der Waals surface area contributed by atoms with Crippen LogP contribution in [0.3, 0.4) is 0 Å². The predicted octanol–water partition coefficient (Wildman–Crippen LogP) is 2.51.